The highest BCUT2D eigenvalue weighted by atomic mass is 16.6. The van der Waals surface area contributed by atoms with Crippen molar-refractivity contribution in [2.24, 2.45) is 4.99 Å². The number of aliphatic imine (C=N–C) groups is 1. The molecule has 0 aromatic carbocycles. The third-order valence-corrected chi connectivity index (χ3v) is 1.07. The topological polar surface area (TPSA) is 55.5 Å². The van der Waals surface area contributed by atoms with Gasteiger partial charge in [-0.1, -0.05) is 0 Å². The molecule has 0 fully saturated rings. The summed E-state index contributed by atoms with van der Waals surface area (Å²) in [5.41, 5.74) is 0.807. The van der Waals surface area contributed by atoms with Crippen molar-refractivity contribution in [3.05, 3.63) is 22.0 Å². The average Bonchev–Trinajstić information content (AvgIpc) is 2.14. The van der Waals surface area contributed by atoms with E-state index in [4.69, 9.17) is 0 Å². The number of rotatable bonds is 1. The predicted molar refractivity (Wildman–Crippen MR) is 32.8 cm³/mol. The fourth-order valence-corrected chi connectivity index (χ4v) is 0.641. The highest BCUT2D eigenvalue weighted by molar-refractivity contribution is 5.85. The molecule has 0 aromatic heterocycles. The minimum Gasteiger partial charge on any atom is -0.358 e. The van der Waals surface area contributed by atoms with Crippen LogP contribution in [0.5, 0.6) is 0 Å². The van der Waals surface area contributed by atoms with Crippen molar-refractivity contribution in [2.75, 3.05) is 0 Å². The van der Waals surface area contributed by atoms with E-state index in [1.807, 2.05) is 0 Å². The Labute approximate surface area is 52.1 Å². The van der Waals surface area contributed by atoms with Gasteiger partial charge in [0.05, 0.1) is 0 Å². The van der Waals surface area contributed by atoms with Crippen LogP contribution in [-0.4, -0.2) is 10.6 Å². The lowest BCUT2D eigenvalue weighted by Crippen LogP contribution is -1.92. The molecular formula is C5H6N2O2. The first-order valence-electron chi connectivity index (χ1n) is 2.59. The minimum absolute atomic E-state index is 0.0208. The van der Waals surface area contributed by atoms with Gasteiger partial charge in [0.2, 0.25) is 0 Å². The van der Waals surface area contributed by atoms with Crippen molar-refractivity contribution in [3.8, 4) is 0 Å². The van der Waals surface area contributed by atoms with Gasteiger partial charge in [-0.05, 0) is 16.8 Å². The van der Waals surface area contributed by atoms with E-state index in [1.54, 1.807) is 6.92 Å². The molecule has 0 aliphatic carbocycles. The van der Waals surface area contributed by atoms with Crippen LogP contribution in [-0.2, 0) is 0 Å². The van der Waals surface area contributed by atoms with E-state index in [-0.39, 0.29) is 5.82 Å². The van der Waals surface area contributed by atoms with Crippen molar-refractivity contribution in [1.82, 2.24) is 0 Å². The van der Waals surface area contributed by atoms with E-state index in [0.717, 1.165) is 5.71 Å². The zero-order chi connectivity index (χ0) is 6.85. The normalized spacial score (nSPS) is 17.0. The summed E-state index contributed by atoms with van der Waals surface area (Å²) in [5, 5.41) is 9.98. The second-order valence-electron chi connectivity index (χ2n) is 1.87. The summed E-state index contributed by atoms with van der Waals surface area (Å²) < 4.78 is 0. The maximum atomic E-state index is 9.98. The minimum atomic E-state index is -0.476. The smallest absolute Gasteiger partial charge is 0.358 e. The fraction of sp³-hybridized carbons (Fsp3) is 0.400. The Kier molecular flexibility index (Phi) is 1.30. The van der Waals surface area contributed by atoms with Crippen LogP contribution in [0, 0.1) is 10.1 Å². The van der Waals surface area contributed by atoms with Gasteiger partial charge in [0, 0.05) is 12.5 Å². The van der Waals surface area contributed by atoms with Gasteiger partial charge in [-0.15, -0.1) is 0 Å². The molecule has 1 heterocycles. The van der Waals surface area contributed by atoms with Gasteiger partial charge in [-0.3, -0.25) is 0 Å². The fourth-order valence-electron chi connectivity index (χ4n) is 0.641. The summed E-state index contributed by atoms with van der Waals surface area (Å²) in [7, 11) is 0. The van der Waals surface area contributed by atoms with Gasteiger partial charge in [0.15, 0.2) is 0 Å². The molecule has 4 heteroatoms. The Balaban J connectivity index is 2.75. The monoisotopic (exact) mass is 126 g/mol. The number of allylic oxidation sites excluding steroid dienone is 1. The van der Waals surface area contributed by atoms with Crippen molar-refractivity contribution < 1.29 is 4.92 Å². The molecule has 1 aliphatic heterocycles. The third kappa shape index (κ3) is 1.13. The Morgan fingerprint density at radius 1 is 1.89 bits per heavy atom. The molecule has 0 amide bonds. The quantitative estimate of drug-likeness (QED) is 0.388. The van der Waals surface area contributed by atoms with Gasteiger partial charge in [0.1, 0.15) is 5.71 Å². The molecule has 4 nitrogen and oxygen atoms in total. The Morgan fingerprint density at radius 3 is 2.78 bits per heavy atom. The van der Waals surface area contributed by atoms with Crippen LogP contribution in [0.1, 0.15) is 13.3 Å². The molecule has 0 spiro atoms. The van der Waals surface area contributed by atoms with Crippen LogP contribution < -0.4 is 0 Å². The maximum absolute atomic E-state index is 9.98. The summed E-state index contributed by atoms with van der Waals surface area (Å²) in [6, 6.07) is 0. The number of nitrogens with zero attached hydrogens (tertiary/aromatic N) is 2. The van der Waals surface area contributed by atoms with Crippen LogP contribution in [0.2, 0.25) is 0 Å². The molecule has 0 saturated heterocycles. The van der Waals surface area contributed by atoms with Crippen molar-refractivity contribution in [2.45, 2.75) is 13.3 Å². The van der Waals surface area contributed by atoms with Gasteiger partial charge >= 0.3 is 5.82 Å². The van der Waals surface area contributed by atoms with Gasteiger partial charge in [-0.2, -0.15) is 0 Å². The van der Waals surface area contributed by atoms with E-state index in [2.05, 4.69) is 4.99 Å². The SMILES string of the molecule is CC1=NC([N+](=O)[O-])=CC1. The first-order valence-corrected chi connectivity index (χ1v) is 2.59. The molecule has 48 valence electrons. The van der Waals surface area contributed by atoms with E-state index >= 15 is 0 Å². The Hall–Kier alpha value is -1.19. The van der Waals surface area contributed by atoms with Crippen LogP contribution in [0.4, 0.5) is 0 Å². The molecule has 0 N–H and O–H groups in total. The standard InChI is InChI=1S/C5H6N2O2/c1-4-2-3-5(6-4)7(8)9/h3H,2H2,1H3. The third-order valence-electron chi connectivity index (χ3n) is 1.07. The lowest BCUT2D eigenvalue weighted by molar-refractivity contribution is -0.425. The highest BCUT2D eigenvalue weighted by Gasteiger charge is 2.15. The lowest BCUT2D eigenvalue weighted by Gasteiger charge is -1.84. The summed E-state index contributed by atoms with van der Waals surface area (Å²) >= 11 is 0. The van der Waals surface area contributed by atoms with Crippen molar-refractivity contribution in [1.29, 1.82) is 0 Å². The molecule has 1 aliphatic rings. The largest absolute Gasteiger partial charge is 0.359 e. The second kappa shape index (κ2) is 1.97. The molecule has 0 bridgehead atoms. The molecule has 0 atom stereocenters. The average molecular weight is 126 g/mol. The molecule has 0 aromatic rings. The van der Waals surface area contributed by atoms with E-state index in [9.17, 15) is 10.1 Å². The first kappa shape index (κ1) is 5.94. The summed E-state index contributed by atoms with van der Waals surface area (Å²) in [4.78, 5) is 13.2. The number of hydrogen-bond donors (Lipinski definition) is 0. The zero-order valence-corrected chi connectivity index (χ0v) is 5.00. The van der Waals surface area contributed by atoms with E-state index in [1.165, 1.54) is 6.08 Å². The predicted octanol–water partition coefficient (Wildman–Crippen LogP) is 0.969. The molecular weight excluding hydrogens is 120 g/mol. The van der Waals surface area contributed by atoms with Crippen LogP contribution in [0.3, 0.4) is 0 Å². The van der Waals surface area contributed by atoms with E-state index < -0.39 is 4.92 Å². The highest BCUT2D eigenvalue weighted by Crippen LogP contribution is 2.09. The number of nitro groups is 1. The summed E-state index contributed by atoms with van der Waals surface area (Å²) in [5.74, 6) is -0.0208. The zero-order valence-electron chi connectivity index (χ0n) is 5.00. The Morgan fingerprint density at radius 2 is 2.56 bits per heavy atom. The summed E-state index contributed by atoms with van der Waals surface area (Å²) in [6.45, 7) is 1.77. The number of hydrogen-bond acceptors (Lipinski definition) is 3. The molecule has 0 saturated carbocycles. The van der Waals surface area contributed by atoms with Crippen LogP contribution >= 0.6 is 0 Å². The van der Waals surface area contributed by atoms with E-state index in [0.29, 0.717) is 6.42 Å². The maximum Gasteiger partial charge on any atom is 0.359 e. The first-order chi connectivity index (χ1) is 4.20. The molecule has 9 heavy (non-hydrogen) atoms. The van der Waals surface area contributed by atoms with Gasteiger partial charge < -0.3 is 10.1 Å². The van der Waals surface area contributed by atoms with Gasteiger partial charge in [0.25, 0.3) is 0 Å². The van der Waals surface area contributed by atoms with Crippen molar-refractivity contribution >= 4 is 5.71 Å². The van der Waals surface area contributed by atoms with Gasteiger partial charge in [-0.25, -0.2) is 0 Å². The molecule has 1 rings (SSSR count). The van der Waals surface area contributed by atoms with Crippen LogP contribution in [0.25, 0.3) is 0 Å². The molecule has 0 radical (unpaired) electrons. The Bertz CT molecular complexity index is 205. The summed E-state index contributed by atoms with van der Waals surface area (Å²) in [6.07, 6.45) is 2.13. The lowest BCUT2D eigenvalue weighted by atomic mass is 10.3. The molecule has 0 unspecified atom stereocenters. The van der Waals surface area contributed by atoms with Crippen molar-refractivity contribution in [3.63, 3.8) is 0 Å². The second-order valence-corrected chi connectivity index (χ2v) is 1.87. The van der Waals surface area contributed by atoms with Crippen LogP contribution in [0.15, 0.2) is 16.9 Å².